The maximum absolute atomic E-state index is 2.40. The number of hydrogen-bond donors (Lipinski definition) is 0. The van der Waals surface area contributed by atoms with Crippen LogP contribution in [0.5, 0.6) is 0 Å². The first-order chi connectivity index (χ1) is 4.69. The zero-order valence-electron chi connectivity index (χ0n) is 7.94. The molecule has 0 N–H and O–H groups in total. The molecule has 1 rings (SSSR count). The molecule has 1 aliphatic rings. The zero-order chi connectivity index (χ0) is 7.61. The molecule has 1 heterocycles. The highest BCUT2D eigenvalue weighted by molar-refractivity contribution is 4.61. The minimum absolute atomic E-state index is 0. The van der Waals surface area contributed by atoms with Gasteiger partial charge in [0.15, 0.2) is 0 Å². The Morgan fingerprint density at radius 3 is 2.45 bits per heavy atom. The number of hydrogen-bond acceptors (Lipinski definition) is 0. The fourth-order valence-electron chi connectivity index (χ4n) is 2.12. The van der Waals surface area contributed by atoms with Crippen LogP contribution in [-0.2, 0) is 0 Å². The van der Waals surface area contributed by atoms with Gasteiger partial charge >= 0.3 is 0 Å². The lowest BCUT2D eigenvalue weighted by Gasteiger charge is -2.34. The summed E-state index contributed by atoms with van der Waals surface area (Å²) in [4.78, 5) is 0. The van der Waals surface area contributed by atoms with Gasteiger partial charge < -0.3 is 21.5 Å². The van der Waals surface area contributed by atoms with Crippen LogP contribution < -0.4 is 17.0 Å². The van der Waals surface area contributed by atoms with E-state index in [2.05, 4.69) is 20.9 Å². The average Bonchev–Trinajstić information content (AvgIpc) is 2.15. The molecule has 0 saturated carbocycles. The van der Waals surface area contributed by atoms with Gasteiger partial charge in [-0.25, -0.2) is 0 Å². The van der Waals surface area contributed by atoms with E-state index in [0.717, 1.165) is 6.04 Å². The molecule has 2 heteroatoms. The SMILES string of the molecule is CCC[N+]1(C)CCCC1C.[Br-]. The van der Waals surface area contributed by atoms with E-state index in [1.54, 1.807) is 0 Å². The summed E-state index contributed by atoms with van der Waals surface area (Å²) in [6.45, 7) is 7.47. The Bertz CT molecular complexity index is 116. The summed E-state index contributed by atoms with van der Waals surface area (Å²) in [5.74, 6) is 0. The van der Waals surface area contributed by atoms with Crippen molar-refractivity contribution >= 4 is 0 Å². The Kier molecular flexibility index (Phi) is 4.64. The monoisotopic (exact) mass is 221 g/mol. The molecule has 0 aromatic rings. The number of nitrogens with zero attached hydrogens (tertiary/aromatic N) is 1. The van der Waals surface area contributed by atoms with Gasteiger partial charge in [-0.15, -0.1) is 0 Å². The van der Waals surface area contributed by atoms with Crippen molar-refractivity contribution in [1.82, 2.24) is 0 Å². The van der Waals surface area contributed by atoms with E-state index < -0.39 is 0 Å². The number of likely N-dealkylation sites (tertiary alicyclic amines) is 1. The molecule has 1 saturated heterocycles. The predicted molar refractivity (Wildman–Crippen MR) is 44.9 cm³/mol. The number of quaternary nitrogens is 1. The average molecular weight is 222 g/mol. The minimum atomic E-state index is 0. The molecule has 1 aliphatic heterocycles. The smallest absolute Gasteiger partial charge is 0.0861 e. The van der Waals surface area contributed by atoms with Crippen molar-refractivity contribution in [3.63, 3.8) is 0 Å². The van der Waals surface area contributed by atoms with Crippen LogP contribution in [0.1, 0.15) is 33.1 Å². The Morgan fingerprint density at radius 2 is 2.09 bits per heavy atom. The van der Waals surface area contributed by atoms with Gasteiger partial charge in [0, 0.05) is 12.8 Å². The van der Waals surface area contributed by atoms with Crippen LogP contribution in [-0.4, -0.2) is 30.7 Å². The quantitative estimate of drug-likeness (QED) is 0.527. The lowest BCUT2D eigenvalue weighted by Crippen LogP contribution is -3.00. The largest absolute Gasteiger partial charge is 1.00 e. The van der Waals surface area contributed by atoms with E-state index in [0.29, 0.717) is 0 Å². The van der Waals surface area contributed by atoms with Crippen LogP contribution >= 0.6 is 0 Å². The molecular formula is C9H20BrN. The van der Waals surface area contributed by atoms with Crippen LogP contribution in [0, 0.1) is 0 Å². The molecule has 68 valence electrons. The van der Waals surface area contributed by atoms with Crippen LogP contribution in [0.4, 0.5) is 0 Å². The van der Waals surface area contributed by atoms with Crippen molar-refractivity contribution in [1.29, 1.82) is 0 Å². The van der Waals surface area contributed by atoms with E-state index >= 15 is 0 Å². The minimum Gasteiger partial charge on any atom is -1.00 e. The van der Waals surface area contributed by atoms with Crippen LogP contribution in [0.2, 0.25) is 0 Å². The molecule has 0 bridgehead atoms. The van der Waals surface area contributed by atoms with Crippen molar-refractivity contribution in [3.05, 3.63) is 0 Å². The molecular weight excluding hydrogens is 202 g/mol. The van der Waals surface area contributed by atoms with E-state index in [-0.39, 0.29) is 17.0 Å². The summed E-state index contributed by atoms with van der Waals surface area (Å²) >= 11 is 0. The van der Waals surface area contributed by atoms with Crippen molar-refractivity contribution in [2.45, 2.75) is 39.2 Å². The predicted octanol–water partition coefficient (Wildman–Crippen LogP) is -0.971. The maximum Gasteiger partial charge on any atom is 0.0861 e. The Balaban J connectivity index is 0.000001000. The first-order valence-electron chi connectivity index (χ1n) is 4.53. The number of rotatable bonds is 2. The zero-order valence-corrected chi connectivity index (χ0v) is 9.52. The summed E-state index contributed by atoms with van der Waals surface area (Å²) in [5.41, 5.74) is 0. The first-order valence-corrected chi connectivity index (χ1v) is 4.53. The first kappa shape index (κ1) is 11.4. The number of halogens is 1. The van der Waals surface area contributed by atoms with Crippen LogP contribution in [0.3, 0.4) is 0 Å². The van der Waals surface area contributed by atoms with E-state index in [1.165, 1.54) is 36.8 Å². The second-order valence-corrected chi connectivity index (χ2v) is 3.92. The molecule has 0 spiro atoms. The third-order valence-electron chi connectivity index (χ3n) is 3.09. The van der Waals surface area contributed by atoms with Gasteiger partial charge in [-0.1, -0.05) is 6.92 Å². The van der Waals surface area contributed by atoms with E-state index in [9.17, 15) is 0 Å². The highest BCUT2D eigenvalue weighted by atomic mass is 79.9. The lowest BCUT2D eigenvalue weighted by molar-refractivity contribution is -0.919. The fraction of sp³-hybridized carbons (Fsp3) is 1.00. The molecule has 0 aromatic carbocycles. The lowest BCUT2D eigenvalue weighted by atomic mass is 10.2. The molecule has 1 nitrogen and oxygen atoms in total. The standard InChI is InChI=1S/C9H20N.BrH/c1-4-7-10(3)8-5-6-9(10)2;/h9H,4-8H2,1-3H3;1H/q+1;/p-1. The maximum atomic E-state index is 2.40. The normalized spacial score (nSPS) is 36.8. The molecule has 11 heavy (non-hydrogen) atoms. The highest BCUT2D eigenvalue weighted by Gasteiger charge is 2.33. The highest BCUT2D eigenvalue weighted by Crippen LogP contribution is 2.24. The molecule has 1 fully saturated rings. The van der Waals surface area contributed by atoms with Crippen molar-refractivity contribution < 1.29 is 21.5 Å². The molecule has 0 aliphatic carbocycles. The Morgan fingerprint density at radius 1 is 1.45 bits per heavy atom. The van der Waals surface area contributed by atoms with Crippen molar-refractivity contribution in [2.24, 2.45) is 0 Å². The molecule has 2 unspecified atom stereocenters. The van der Waals surface area contributed by atoms with Gasteiger partial charge in [-0.05, 0) is 13.3 Å². The molecule has 2 atom stereocenters. The molecule has 0 amide bonds. The second-order valence-electron chi connectivity index (χ2n) is 3.92. The topological polar surface area (TPSA) is 0 Å². The van der Waals surface area contributed by atoms with E-state index in [1.807, 2.05) is 0 Å². The fourth-order valence-corrected chi connectivity index (χ4v) is 2.12. The van der Waals surface area contributed by atoms with Crippen molar-refractivity contribution in [2.75, 3.05) is 20.1 Å². The van der Waals surface area contributed by atoms with Gasteiger partial charge in [0.2, 0.25) is 0 Å². The second kappa shape index (κ2) is 4.46. The van der Waals surface area contributed by atoms with Gasteiger partial charge in [-0.2, -0.15) is 0 Å². The van der Waals surface area contributed by atoms with Crippen LogP contribution in [0.25, 0.3) is 0 Å². The summed E-state index contributed by atoms with van der Waals surface area (Å²) in [7, 11) is 2.40. The van der Waals surface area contributed by atoms with Gasteiger partial charge in [0.05, 0.1) is 26.2 Å². The van der Waals surface area contributed by atoms with Crippen LogP contribution in [0.15, 0.2) is 0 Å². The van der Waals surface area contributed by atoms with Gasteiger partial charge in [0.1, 0.15) is 0 Å². The van der Waals surface area contributed by atoms with Gasteiger partial charge in [-0.3, -0.25) is 0 Å². The molecule has 0 aromatic heterocycles. The third-order valence-corrected chi connectivity index (χ3v) is 3.09. The summed E-state index contributed by atoms with van der Waals surface area (Å²) in [5, 5.41) is 0. The van der Waals surface area contributed by atoms with Crippen molar-refractivity contribution in [3.8, 4) is 0 Å². The summed E-state index contributed by atoms with van der Waals surface area (Å²) < 4.78 is 1.33. The third kappa shape index (κ3) is 2.45. The Labute approximate surface area is 81.1 Å². The summed E-state index contributed by atoms with van der Waals surface area (Å²) in [6, 6.07) is 0.917. The summed E-state index contributed by atoms with van der Waals surface area (Å²) in [6.07, 6.45) is 4.22. The molecule has 0 radical (unpaired) electrons. The van der Waals surface area contributed by atoms with Gasteiger partial charge in [0.25, 0.3) is 0 Å². The van der Waals surface area contributed by atoms with E-state index in [4.69, 9.17) is 0 Å². The Hall–Kier alpha value is 0.440.